The maximum atomic E-state index is 12.2. The van der Waals surface area contributed by atoms with Gasteiger partial charge in [-0.3, -0.25) is 0 Å². The summed E-state index contributed by atoms with van der Waals surface area (Å²) < 4.78 is 39.3. The third-order valence-corrected chi connectivity index (χ3v) is 5.49. The second kappa shape index (κ2) is 6.54. The van der Waals surface area contributed by atoms with E-state index in [1.807, 2.05) is 30.3 Å². The maximum Gasteiger partial charge on any atom is 0.428 e. The molecule has 5 nitrogen and oxygen atoms in total. The Morgan fingerprint density at radius 1 is 1.15 bits per heavy atom. The van der Waals surface area contributed by atoms with Crippen LogP contribution in [0.5, 0.6) is 5.75 Å². The molecule has 2 heterocycles. The van der Waals surface area contributed by atoms with Crippen LogP contribution in [0.2, 0.25) is 5.02 Å². The predicted octanol–water partition coefficient (Wildman–Crippen LogP) is 4.10. The van der Waals surface area contributed by atoms with Crippen LogP contribution in [0.25, 0.3) is 0 Å². The molecule has 2 aliphatic heterocycles. The van der Waals surface area contributed by atoms with Crippen LogP contribution < -0.4 is 4.18 Å². The van der Waals surface area contributed by atoms with Gasteiger partial charge in [0.25, 0.3) is 0 Å². The third kappa shape index (κ3) is 3.28. The zero-order valence-electron chi connectivity index (χ0n) is 13.8. The molecular weight excluding hydrogens is 374 g/mol. The Labute approximate surface area is 157 Å². The van der Waals surface area contributed by atoms with E-state index >= 15 is 0 Å². The minimum absolute atomic E-state index is 0.224. The zero-order chi connectivity index (χ0) is 18.3. The van der Waals surface area contributed by atoms with E-state index in [-0.39, 0.29) is 17.8 Å². The van der Waals surface area contributed by atoms with Gasteiger partial charge in [0.2, 0.25) is 0 Å². The smallest absolute Gasteiger partial charge is 0.368 e. The van der Waals surface area contributed by atoms with Crippen molar-refractivity contribution >= 4 is 27.6 Å². The summed E-state index contributed by atoms with van der Waals surface area (Å²) in [4.78, 5) is 0. The SMILES string of the molecule is C=C1CO[C@H](c2ccccc2)C(C2=NS(=O)(=O)Oc3ccc(Cl)cc32)C1. The maximum absolute atomic E-state index is 12.2. The Bertz CT molecular complexity index is 1000. The van der Waals surface area contributed by atoms with Gasteiger partial charge in [0.15, 0.2) is 5.75 Å². The topological polar surface area (TPSA) is 65.0 Å². The average molecular weight is 390 g/mol. The molecule has 0 aromatic heterocycles. The van der Waals surface area contributed by atoms with E-state index in [4.69, 9.17) is 20.5 Å². The second-order valence-corrected chi connectivity index (χ2v) is 7.97. The molecule has 0 spiro atoms. The first-order valence-electron chi connectivity index (χ1n) is 8.10. The minimum atomic E-state index is -4.07. The summed E-state index contributed by atoms with van der Waals surface area (Å²) in [7, 11) is -4.07. The van der Waals surface area contributed by atoms with Gasteiger partial charge in [0, 0.05) is 16.5 Å². The van der Waals surface area contributed by atoms with Crippen molar-refractivity contribution in [2.24, 2.45) is 10.3 Å². The molecular formula is C19H16ClNO4S. The van der Waals surface area contributed by atoms with Crippen molar-refractivity contribution in [3.05, 3.63) is 76.8 Å². The van der Waals surface area contributed by atoms with E-state index in [1.54, 1.807) is 18.2 Å². The van der Waals surface area contributed by atoms with Crippen molar-refractivity contribution in [2.45, 2.75) is 12.5 Å². The van der Waals surface area contributed by atoms with Crippen LogP contribution in [0.3, 0.4) is 0 Å². The molecule has 0 radical (unpaired) electrons. The van der Waals surface area contributed by atoms with E-state index in [1.165, 1.54) is 0 Å². The highest BCUT2D eigenvalue weighted by Gasteiger charge is 2.38. The minimum Gasteiger partial charge on any atom is -0.368 e. The lowest BCUT2D eigenvalue weighted by molar-refractivity contribution is 0.0209. The molecule has 0 N–H and O–H groups in total. The molecule has 0 aliphatic carbocycles. The monoisotopic (exact) mass is 389 g/mol. The zero-order valence-corrected chi connectivity index (χ0v) is 15.3. The Morgan fingerprint density at radius 3 is 2.69 bits per heavy atom. The summed E-state index contributed by atoms with van der Waals surface area (Å²) in [5, 5.41) is 0.478. The van der Waals surface area contributed by atoms with Crippen molar-refractivity contribution in [1.82, 2.24) is 0 Å². The first kappa shape index (κ1) is 17.3. The molecule has 0 amide bonds. The Balaban J connectivity index is 1.86. The Kier molecular flexibility index (Phi) is 4.34. The molecule has 1 saturated heterocycles. The number of hydrogen-bond acceptors (Lipinski definition) is 4. The summed E-state index contributed by atoms with van der Waals surface area (Å²) in [5.74, 6) is -0.0862. The van der Waals surface area contributed by atoms with Crippen LogP contribution in [0, 0.1) is 5.92 Å². The molecule has 0 saturated carbocycles. The van der Waals surface area contributed by atoms with Gasteiger partial charge in [-0.1, -0.05) is 54.1 Å². The van der Waals surface area contributed by atoms with E-state index in [0.717, 1.165) is 11.1 Å². The van der Waals surface area contributed by atoms with Crippen molar-refractivity contribution in [3.8, 4) is 5.75 Å². The first-order valence-corrected chi connectivity index (χ1v) is 9.85. The highest BCUT2D eigenvalue weighted by Crippen LogP contribution is 2.41. The summed E-state index contributed by atoms with van der Waals surface area (Å²) in [6.07, 6.45) is 0.237. The van der Waals surface area contributed by atoms with Gasteiger partial charge < -0.3 is 8.92 Å². The Hall–Kier alpha value is -2.15. The quantitative estimate of drug-likeness (QED) is 0.725. The summed E-state index contributed by atoms with van der Waals surface area (Å²) in [5.41, 5.74) is 2.80. The van der Waals surface area contributed by atoms with Gasteiger partial charge in [-0.15, -0.1) is 4.40 Å². The molecule has 4 rings (SSSR count). The molecule has 26 heavy (non-hydrogen) atoms. The molecule has 2 aromatic rings. The standard InChI is InChI=1S/C19H16ClNO4S/c1-12-9-16(19(24-11-12)13-5-3-2-4-6-13)18-15-10-14(20)7-8-17(15)25-26(22,23)21-18/h2-8,10,16,19H,1,9,11H2/t16?,19-/m1/s1. The second-order valence-electron chi connectivity index (χ2n) is 6.33. The van der Waals surface area contributed by atoms with Gasteiger partial charge in [0.05, 0.1) is 18.4 Å². The first-order chi connectivity index (χ1) is 12.4. The molecule has 134 valence electrons. The van der Waals surface area contributed by atoms with Crippen molar-refractivity contribution < 1.29 is 17.3 Å². The van der Waals surface area contributed by atoms with Gasteiger partial charge in [-0.25, -0.2) is 0 Å². The fourth-order valence-electron chi connectivity index (χ4n) is 3.36. The number of halogens is 1. The molecule has 1 fully saturated rings. The number of fused-ring (bicyclic) bond motifs is 1. The van der Waals surface area contributed by atoms with Crippen LogP contribution >= 0.6 is 11.6 Å². The van der Waals surface area contributed by atoms with Crippen molar-refractivity contribution in [2.75, 3.05) is 6.61 Å². The number of benzene rings is 2. The molecule has 1 unspecified atom stereocenters. The van der Waals surface area contributed by atoms with Gasteiger partial charge >= 0.3 is 10.3 Å². The lowest BCUT2D eigenvalue weighted by Crippen LogP contribution is -2.33. The summed E-state index contributed by atoms with van der Waals surface area (Å²) in [6, 6.07) is 14.5. The summed E-state index contributed by atoms with van der Waals surface area (Å²) in [6.45, 7) is 4.44. The molecule has 0 bridgehead atoms. The van der Waals surface area contributed by atoms with E-state index in [2.05, 4.69) is 11.0 Å². The highest BCUT2D eigenvalue weighted by atomic mass is 35.5. The number of ether oxygens (including phenoxy) is 1. The van der Waals surface area contributed by atoms with Crippen LogP contribution in [0.4, 0.5) is 0 Å². The van der Waals surface area contributed by atoms with Gasteiger partial charge in [-0.2, -0.15) is 8.42 Å². The number of hydrogen-bond donors (Lipinski definition) is 0. The van der Waals surface area contributed by atoms with Crippen LogP contribution in [0.1, 0.15) is 23.7 Å². The molecule has 2 aliphatic rings. The van der Waals surface area contributed by atoms with Crippen LogP contribution in [-0.4, -0.2) is 20.7 Å². The van der Waals surface area contributed by atoms with E-state index < -0.39 is 10.3 Å². The fraction of sp³-hybridized carbons (Fsp3) is 0.211. The fourth-order valence-corrected chi connectivity index (χ4v) is 4.41. The van der Waals surface area contributed by atoms with Crippen LogP contribution in [-0.2, 0) is 15.0 Å². The van der Waals surface area contributed by atoms with E-state index in [0.29, 0.717) is 29.3 Å². The van der Waals surface area contributed by atoms with Gasteiger partial charge in [0.1, 0.15) is 0 Å². The van der Waals surface area contributed by atoms with Gasteiger partial charge in [-0.05, 0) is 30.2 Å². The average Bonchev–Trinajstić information content (AvgIpc) is 2.62. The molecule has 2 atom stereocenters. The number of rotatable bonds is 2. The van der Waals surface area contributed by atoms with E-state index in [9.17, 15) is 8.42 Å². The largest absolute Gasteiger partial charge is 0.428 e. The third-order valence-electron chi connectivity index (χ3n) is 4.44. The molecule has 2 aromatic carbocycles. The van der Waals surface area contributed by atoms with Crippen molar-refractivity contribution in [1.29, 1.82) is 0 Å². The highest BCUT2D eigenvalue weighted by molar-refractivity contribution is 7.86. The van der Waals surface area contributed by atoms with Crippen molar-refractivity contribution in [3.63, 3.8) is 0 Å². The lowest BCUT2D eigenvalue weighted by atomic mass is 9.81. The van der Waals surface area contributed by atoms with Crippen LogP contribution in [0.15, 0.2) is 65.1 Å². The number of nitrogens with zero attached hydrogens (tertiary/aromatic N) is 1. The predicted molar refractivity (Wildman–Crippen MR) is 99.9 cm³/mol. The summed E-state index contributed by atoms with van der Waals surface area (Å²) >= 11 is 6.13. The Morgan fingerprint density at radius 2 is 1.92 bits per heavy atom. The molecule has 7 heteroatoms. The lowest BCUT2D eigenvalue weighted by Gasteiger charge is -2.35. The normalized spacial score (nSPS) is 24.3.